The van der Waals surface area contributed by atoms with E-state index in [-0.39, 0.29) is 5.69 Å². The van der Waals surface area contributed by atoms with Crippen molar-refractivity contribution in [2.45, 2.75) is 0 Å². The van der Waals surface area contributed by atoms with E-state index >= 15 is 0 Å². The molecule has 0 unspecified atom stereocenters. The molecule has 0 atom stereocenters. The van der Waals surface area contributed by atoms with Crippen LogP contribution in [-0.2, 0) is 0 Å². The average molecular weight is 141 g/mol. The predicted octanol–water partition coefficient (Wildman–Crippen LogP) is 2.45. The molecule has 0 aliphatic rings. The molecule has 0 saturated heterocycles. The fourth-order valence-electron chi connectivity index (χ4n) is 0.597. The number of hydrogen-bond donors (Lipinski definition) is 0. The first-order valence-electron chi connectivity index (χ1n) is 2.53. The van der Waals surface area contributed by atoms with Gasteiger partial charge >= 0.3 is 5.69 Å². The molecule has 4 heteroatoms. The van der Waals surface area contributed by atoms with Gasteiger partial charge in [-0.05, 0) is 0 Å². The highest BCUT2D eigenvalue weighted by atomic mass is 19.1. The van der Waals surface area contributed by atoms with Gasteiger partial charge in [-0.25, -0.2) is 8.78 Å². The third-order valence-electron chi connectivity index (χ3n) is 0.963. The molecule has 0 N–H and O–H groups in total. The highest BCUT2D eigenvalue weighted by Crippen LogP contribution is 2.14. The van der Waals surface area contributed by atoms with Crippen LogP contribution >= 0.6 is 0 Å². The maximum atomic E-state index is 12.2. The van der Waals surface area contributed by atoms with Gasteiger partial charge in [-0.15, -0.1) is 0 Å². The van der Waals surface area contributed by atoms with E-state index in [1.165, 1.54) is 0 Å². The summed E-state index contributed by atoms with van der Waals surface area (Å²) in [5.74, 6) is -1.51. The number of benzene rings is 1. The topological polar surface area (TPSA) is 28.1 Å². The van der Waals surface area contributed by atoms with Crippen LogP contribution in [-0.4, -0.2) is 0 Å². The Balaban J connectivity index is 3.22. The van der Waals surface area contributed by atoms with Crippen molar-refractivity contribution in [3.05, 3.63) is 34.8 Å². The molecule has 0 heterocycles. The van der Waals surface area contributed by atoms with Crippen LogP contribution in [0.3, 0.4) is 0 Å². The predicted molar refractivity (Wildman–Crippen MR) is 31.1 cm³/mol. The second-order valence-electron chi connectivity index (χ2n) is 1.73. The SMILES string of the molecule is N#[N+]c1cc(F)cc(F)c1. The molecule has 1 aromatic rings. The average Bonchev–Trinajstić information content (AvgIpc) is 1.85. The van der Waals surface area contributed by atoms with Crippen molar-refractivity contribution in [2.24, 2.45) is 0 Å². The lowest BCUT2D eigenvalue weighted by Crippen LogP contribution is -1.75. The molecule has 10 heavy (non-hydrogen) atoms. The van der Waals surface area contributed by atoms with Crippen molar-refractivity contribution in [3.63, 3.8) is 0 Å². The number of diazo groups is 1. The second-order valence-corrected chi connectivity index (χ2v) is 1.73. The molecule has 0 aromatic heterocycles. The van der Waals surface area contributed by atoms with Gasteiger partial charge in [0.05, 0.1) is 12.1 Å². The van der Waals surface area contributed by atoms with Crippen LogP contribution in [0.4, 0.5) is 14.5 Å². The van der Waals surface area contributed by atoms with Gasteiger partial charge in [0, 0.05) is 6.07 Å². The van der Waals surface area contributed by atoms with E-state index in [0.717, 1.165) is 12.1 Å². The fraction of sp³-hybridized carbons (Fsp3) is 0. The van der Waals surface area contributed by atoms with Crippen molar-refractivity contribution < 1.29 is 8.78 Å². The van der Waals surface area contributed by atoms with Gasteiger partial charge in [0.15, 0.2) is 4.98 Å². The number of hydrogen-bond acceptors (Lipinski definition) is 1. The number of rotatable bonds is 0. The minimum Gasteiger partial charge on any atom is -0.207 e. The normalized spacial score (nSPS) is 8.90. The number of nitrogens with zero attached hydrogens (tertiary/aromatic N) is 2. The Morgan fingerprint density at radius 2 is 1.60 bits per heavy atom. The summed E-state index contributed by atoms with van der Waals surface area (Å²) in [6, 6.07) is 2.54. The largest absolute Gasteiger partial charge is 0.390 e. The van der Waals surface area contributed by atoms with Gasteiger partial charge in [0.25, 0.3) is 0 Å². The highest BCUT2D eigenvalue weighted by Gasteiger charge is 2.07. The van der Waals surface area contributed by atoms with E-state index in [1.54, 1.807) is 0 Å². The van der Waals surface area contributed by atoms with Crippen LogP contribution in [0.2, 0.25) is 0 Å². The summed E-state index contributed by atoms with van der Waals surface area (Å²) in [5, 5.41) is 8.08. The Morgan fingerprint density at radius 3 is 2.00 bits per heavy atom. The van der Waals surface area contributed by atoms with Crippen molar-refractivity contribution in [3.8, 4) is 0 Å². The molecule has 0 fully saturated rings. The molecule has 2 nitrogen and oxygen atoms in total. The summed E-state index contributed by atoms with van der Waals surface area (Å²) in [6.45, 7) is 0. The van der Waals surface area contributed by atoms with Gasteiger partial charge in [0.2, 0.25) is 5.39 Å². The molecule has 0 spiro atoms. The Kier molecular flexibility index (Phi) is 1.59. The molecule has 0 aliphatic carbocycles. The Hall–Kier alpha value is -1.50. The van der Waals surface area contributed by atoms with Crippen LogP contribution in [0.25, 0.3) is 4.98 Å². The molecular formula is C6H3F2N2+. The van der Waals surface area contributed by atoms with E-state index in [0.29, 0.717) is 6.07 Å². The van der Waals surface area contributed by atoms with Gasteiger partial charge in [-0.3, -0.25) is 0 Å². The molecule has 0 aliphatic heterocycles. The van der Waals surface area contributed by atoms with Crippen molar-refractivity contribution in [1.82, 2.24) is 0 Å². The van der Waals surface area contributed by atoms with E-state index in [2.05, 4.69) is 4.98 Å². The van der Waals surface area contributed by atoms with Crippen LogP contribution in [0, 0.1) is 17.0 Å². The molecule has 0 saturated carbocycles. The maximum absolute atomic E-state index is 12.2. The van der Waals surface area contributed by atoms with Crippen LogP contribution in [0.1, 0.15) is 0 Å². The lowest BCUT2D eigenvalue weighted by Gasteiger charge is -1.82. The minimum atomic E-state index is -0.757. The van der Waals surface area contributed by atoms with E-state index in [9.17, 15) is 8.78 Å². The molecular weight excluding hydrogens is 138 g/mol. The molecule has 50 valence electrons. The smallest absolute Gasteiger partial charge is 0.207 e. The monoisotopic (exact) mass is 141 g/mol. The van der Waals surface area contributed by atoms with E-state index in [1.807, 2.05) is 0 Å². The maximum Gasteiger partial charge on any atom is 0.390 e. The van der Waals surface area contributed by atoms with Gasteiger partial charge < -0.3 is 0 Å². The number of halogens is 2. The standard InChI is InChI=1S/C6H3F2N2/c7-4-1-5(8)3-6(2-4)10-9/h1-3H/q+1. The van der Waals surface area contributed by atoms with E-state index in [4.69, 9.17) is 5.39 Å². The molecule has 1 rings (SSSR count). The summed E-state index contributed by atoms with van der Waals surface area (Å²) < 4.78 is 24.4. The van der Waals surface area contributed by atoms with Gasteiger partial charge in [-0.1, -0.05) is 0 Å². The summed E-state index contributed by atoms with van der Waals surface area (Å²) in [4.78, 5) is 2.61. The fourth-order valence-corrected chi connectivity index (χ4v) is 0.597. The first-order chi connectivity index (χ1) is 4.72. The van der Waals surface area contributed by atoms with Crippen LogP contribution < -0.4 is 0 Å². The van der Waals surface area contributed by atoms with Gasteiger partial charge in [-0.2, -0.15) is 0 Å². The third kappa shape index (κ3) is 1.26. The minimum absolute atomic E-state index is 0.127. The summed E-state index contributed by atoms with van der Waals surface area (Å²) in [5.41, 5.74) is -0.127. The zero-order valence-corrected chi connectivity index (χ0v) is 4.88. The van der Waals surface area contributed by atoms with Crippen LogP contribution in [0.15, 0.2) is 18.2 Å². The lowest BCUT2D eigenvalue weighted by molar-refractivity contribution is 0.584. The molecule has 0 amide bonds. The second kappa shape index (κ2) is 2.40. The third-order valence-corrected chi connectivity index (χ3v) is 0.963. The molecule has 0 radical (unpaired) electrons. The summed E-state index contributed by atoms with van der Waals surface area (Å²) >= 11 is 0. The highest BCUT2D eigenvalue weighted by molar-refractivity contribution is 5.43. The van der Waals surface area contributed by atoms with Crippen molar-refractivity contribution in [2.75, 3.05) is 0 Å². The quantitative estimate of drug-likeness (QED) is 0.510. The molecule has 0 bridgehead atoms. The summed E-state index contributed by atoms with van der Waals surface area (Å²) in [6.07, 6.45) is 0. The molecule has 1 aromatic carbocycles. The Morgan fingerprint density at radius 1 is 1.10 bits per heavy atom. The van der Waals surface area contributed by atoms with E-state index < -0.39 is 11.6 Å². The Labute approximate surface area is 55.7 Å². The van der Waals surface area contributed by atoms with Gasteiger partial charge in [0.1, 0.15) is 11.6 Å². The first-order valence-corrected chi connectivity index (χ1v) is 2.53. The zero-order chi connectivity index (χ0) is 7.56. The van der Waals surface area contributed by atoms with Crippen molar-refractivity contribution in [1.29, 1.82) is 5.39 Å². The zero-order valence-electron chi connectivity index (χ0n) is 4.88. The Bertz CT molecular complexity index is 270. The van der Waals surface area contributed by atoms with Crippen molar-refractivity contribution >= 4 is 5.69 Å². The summed E-state index contributed by atoms with van der Waals surface area (Å²) in [7, 11) is 0. The lowest BCUT2D eigenvalue weighted by atomic mass is 10.3. The first kappa shape index (κ1) is 6.62. The van der Waals surface area contributed by atoms with Crippen LogP contribution in [0.5, 0.6) is 0 Å².